The molecule has 1 N–H and O–H groups in total. The van der Waals surface area contributed by atoms with Crippen LogP contribution < -0.4 is 5.32 Å². The van der Waals surface area contributed by atoms with E-state index in [1.807, 2.05) is 31.1 Å². The number of hydrogen-bond acceptors (Lipinski definition) is 3. The largest absolute Gasteiger partial charge is 0.352 e. The third-order valence-corrected chi connectivity index (χ3v) is 3.97. The number of aromatic nitrogens is 1. The van der Waals surface area contributed by atoms with Gasteiger partial charge in [-0.1, -0.05) is 31.7 Å². The summed E-state index contributed by atoms with van der Waals surface area (Å²) in [5, 5.41) is 3.23. The van der Waals surface area contributed by atoms with Crippen LogP contribution in [0.3, 0.4) is 0 Å². The number of nitrogens with zero attached hydrogens (tertiary/aromatic N) is 2. The van der Waals surface area contributed by atoms with Crippen LogP contribution in [-0.2, 0) is 4.79 Å². The standard InChI is InChI=1S/C16H25N3O/c1-19(2)15(13-8-7-11-17-12-13)16(20)18-14-9-5-3-4-6-10-14/h7-8,11-12,14-15H,3-6,9-10H2,1-2H3,(H,18,20). The van der Waals surface area contributed by atoms with Crippen molar-refractivity contribution in [1.29, 1.82) is 0 Å². The first-order valence-electron chi connectivity index (χ1n) is 7.55. The van der Waals surface area contributed by atoms with Gasteiger partial charge in [0.15, 0.2) is 0 Å². The zero-order valence-corrected chi connectivity index (χ0v) is 12.5. The molecule has 1 aliphatic carbocycles. The van der Waals surface area contributed by atoms with Gasteiger partial charge in [-0.2, -0.15) is 0 Å². The first-order valence-corrected chi connectivity index (χ1v) is 7.55. The summed E-state index contributed by atoms with van der Waals surface area (Å²) in [5.74, 6) is 0.0925. The summed E-state index contributed by atoms with van der Waals surface area (Å²) in [4.78, 5) is 18.7. The van der Waals surface area contributed by atoms with E-state index < -0.39 is 0 Å². The molecule has 4 heteroatoms. The predicted octanol–water partition coefficient (Wildman–Crippen LogP) is 2.52. The number of amides is 1. The molecule has 0 aliphatic heterocycles. The minimum Gasteiger partial charge on any atom is -0.352 e. The molecule has 1 fully saturated rings. The lowest BCUT2D eigenvalue weighted by Crippen LogP contribution is -2.42. The number of hydrogen-bond donors (Lipinski definition) is 1. The molecule has 1 amide bonds. The van der Waals surface area contributed by atoms with Gasteiger partial charge in [-0.25, -0.2) is 0 Å². The molecular weight excluding hydrogens is 250 g/mol. The molecule has 4 nitrogen and oxygen atoms in total. The van der Waals surface area contributed by atoms with Gasteiger partial charge < -0.3 is 5.32 Å². The molecule has 1 saturated carbocycles. The summed E-state index contributed by atoms with van der Waals surface area (Å²) in [5.41, 5.74) is 0.948. The van der Waals surface area contributed by atoms with Gasteiger partial charge in [-0.15, -0.1) is 0 Å². The highest BCUT2D eigenvalue weighted by Gasteiger charge is 2.25. The summed E-state index contributed by atoms with van der Waals surface area (Å²) < 4.78 is 0. The Kier molecular flexibility index (Phi) is 5.53. The Morgan fingerprint density at radius 3 is 2.55 bits per heavy atom. The van der Waals surface area contributed by atoms with Crippen molar-refractivity contribution in [3.8, 4) is 0 Å². The van der Waals surface area contributed by atoms with Crippen LogP contribution in [0, 0.1) is 0 Å². The van der Waals surface area contributed by atoms with E-state index in [2.05, 4.69) is 10.3 Å². The van der Waals surface area contributed by atoms with Crippen molar-refractivity contribution in [3.05, 3.63) is 30.1 Å². The SMILES string of the molecule is CN(C)C(C(=O)NC1CCCCCC1)c1cccnc1. The van der Waals surface area contributed by atoms with Crippen LogP contribution in [0.2, 0.25) is 0 Å². The molecule has 1 unspecified atom stereocenters. The van der Waals surface area contributed by atoms with Gasteiger partial charge in [0, 0.05) is 18.4 Å². The van der Waals surface area contributed by atoms with Gasteiger partial charge >= 0.3 is 0 Å². The van der Waals surface area contributed by atoms with E-state index in [-0.39, 0.29) is 11.9 Å². The highest BCUT2D eigenvalue weighted by Crippen LogP contribution is 2.21. The number of nitrogens with one attached hydrogen (secondary N) is 1. The van der Waals surface area contributed by atoms with Crippen LogP contribution in [0.5, 0.6) is 0 Å². The predicted molar refractivity (Wildman–Crippen MR) is 80.3 cm³/mol. The maximum atomic E-state index is 12.6. The normalized spacial score (nSPS) is 18.6. The highest BCUT2D eigenvalue weighted by molar-refractivity contribution is 5.83. The summed E-state index contributed by atoms with van der Waals surface area (Å²) in [6.45, 7) is 0. The Labute approximate surface area is 121 Å². The fourth-order valence-electron chi connectivity index (χ4n) is 2.93. The fourth-order valence-corrected chi connectivity index (χ4v) is 2.93. The second-order valence-electron chi connectivity index (χ2n) is 5.85. The van der Waals surface area contributed by atoms with E-state index in [9.17, 15) is 4.79 Å². The molecule has 0 radical (unpaired) electrons. The van der Waals surface area contributed by atoms with Crippen LogP contribution in [0.4, 0.5) is 0 Å². The van der Waals surface area contributed by atoms with Gasteiger partial charge in [0.25, 0.3) is 0 Å². The maximum Gasteiger partial charge on any atom is 0.242 e. The van der Waals surface area contributed by atoms with E-state index in [4.69, 9.17) is 0 Å². The molecule has 0 spiro atoms. The third-order valence-electron chi connectivity index (χ3n) is 3.97. The number of carbonyl (C=O) groups excluding carboxylic acids is 1. The molecule has 20 heavy (non-hydrogen) atoms. The van der Waals surface area contributed by atoms with Crippen molar-refractivity contribution in [2.75, 3.05) is 14.1 Å². The molecule has 1 aromatic rings. The Bertz CT molecular complexity index is 411. The van der Waals surface area contributed by atoms with Crippen molar-refractivity contribution in [3.63, 3.8) is 0 Å². The van der Waals surface area contributed by atoms with Crippen LogP contribution >= 0.6 is 0 Å². The zero-order chi connectivity index (χ0) is 14.4. The lowest BCUT2D eigenvalue weighted by Gasteiger charge is -2.26. The Hall–Kier alpha value is -1.42. The third kappa shape index (κ3) is 4.04. The fraction of sp³-hybridized carbons (Fsp3) is 0.625. The lowest BCUT2D eigenvalue weighted by atomic mass is 10.0. The minimum absolute atomic E-state index is 0.0925. The smallest absolute Gasteiger partial charge is 0.242 e. The quantitative estimate of drug-likeness (QED) is 0.859. The van der Waals surface area contributed by atoms with Crippen molar-refractivity contribution < 1.29 is 4.79 Å². The second kappa shape index (κ2) is 7.39. The molecule has 0 saturated heterocycles. The Morgan fingerprint density at radius 2 is 2.00 bits per heavy atom. The van der Waals surface area contributed by atoms with Gasteiger partial charge in [0.05, 0.1) is 0 Å². The van der Waals surface area contributed by atoms with Gasteiger partial charge in [0.2, 0.25) is 5.91 Å². The maximum absolute atomic E-state index is 12.6. The average molecular weight is 275 g/mol. The number of rotatable bonds is 4. The second-order valence-corrected chi connectivity index (χ2v) is 5.85. The monoisotopic (exact) mass is 275 g/mol. The summed E-state index contributed by atoms with van der Waals surface area (Å²) >= 11 is 0. The van der Waals surface area contributed by atoms with Crippen molar-refractivity contribution >= 4 is 5.91 Å². The zero-order valence-electron chi connectivity index (χ0n) is 12.5. The van der Waals surface area contributed by atoms with Gasteiger partial charge in [-0.05, 0) is 38.6 Å². The molecule has 0 aromatic carbocycles. The van der Waals surface area contributed by atoms with E-state index in [1.165, 1.54) is 25.7 Å². The summed E-state index contributed by atoms with van der Waals surface area (Å²) in [6.07, 6.45) is 10.8. The van der Waals surface area contributed by atoms with Crippen LogP contribution in [0.15, 0.2) is 24.5 Å². The lowest BCUT2D eigenvalue weighted by molar-refractivity contribution is -0.126. The first kappa shape index (κ1) is 15.0. The van der Waals surface area contributed by atoms with Crippen molar-refractivity contribution in [1.82, 2.24) is 15.2 Å². The van der Waals surface area contributed by atoms with Crippen LogP contribution in [0.25, 0.3) is 0 Å². The summed E-state index contributed by atoms with van der Waals surface area (Å²) in [6, 6.07) is 3.92. The van der Waals surface area contributed by atoms with E-state index in [0.29, 0.717) is 6.04 Å². The molecule has 2 rings (SSSR count). The molecule has 0 bridgehead atoms. The molecule has 110 valence electrons. The average Bonchev–Trinajstić information content (AvgIpc) is 2.68. The van der Waals surface area contributed by atoms with Crippen molar-refractivity contribution in [2.45, 2.75) is 50.6 Å². The molecular formula is C16H25N3O. The van der Waals surface area contributed by atoms with Gasteiger partial charge in [0.1, 0.15) is 6.04 Å². The van der Waals surface area contributed by atoms with Crippen LogP contribution in [-0.4, -0.2) is 35.9 Å². The Balaban J connectivity index is 2.03. The highest BCUT2D eigenvalue weighted by atomic mass is 16.2. The van der Waals surface area contributed by atoms with E-state index in [0.717, 1.165) is 18.4 Å². The number of pyridine rings is 1. The van der Waals surface area contributed by atoms with E-state index >= 15 is 0 Å². The van der Waals surface area contributed by atoms with Crippen LogP contribution in [0.1, 0.15) is 50.1 Å². The van der Waals surface area contributed by atoms with Gasteiger partial charge in [-0.3, -0.25) is 14.7 Å². The topological polar surface area (TPSA) is 45.2 Å². The number of likely N-dealkylation sites (N-methyl/N-ethyl adjacent to an activating group) is 1. The van der Waals surface area contributed by atoms with E-state index in [1.54, 1.807) is 12.4 Å². The minimum atomic E-state index is -0.257. The Morgan fingerprint density at radius 1 is 1.30 bits per heavy atom. The summed E-state index contributed by atoms with van der Waals surface area (Å²) in [7, 11) is 3.87. The first-order chi connectivity index (χ1) is 9.68. The molecule has 1 atom stereocenters. The molecule has 1 aromatic heterocycles. The van der Waals surface area contributed by atoms with Crippen molar-refractivity contribution in [2.24, 2.45) is 0 Å². The molecule has 1 heterocycles. The number of carbonyl (C=O) groups is 1. The molecule has 1 aliphatic rings.